The number of nitrogens with one attached hydrogen (secondary N) is 1. The molecule has 0 saturated heterocycles. The SMILES string of the molecule is Cc1ccc(C)c(OCC(=O)Nc2ccc(SC(F)F)cc2)c1. The number of ether oxygens (including phenoxy) is 1. The van der Waals surface area contributed by atoms with Crippen molar-refractivity contribution in [1.82, 2.24) is 0 Å². The first-order valence-electron chi connectivity index (χ1n) is 6.99. The maximum absolute atomic E-state index is 12.2. The second kappa shape index (κ2) is 7.97. The highest BCUT2D eigenvalue weighted by Crippen LogP contribution is 2.26. The van der Waals surface area contributed by atoms with Crippen molar-refractivity contribution in [2.75, 3.05) is 11.9 Å². The van der Waals surface area contributed by atoms with Crippen LogP contribution in [0.5, 0.6) is 5.75 Å². The zero-order valence-electron chi connectivity index (χ0n) is 12.8. The van der Waals surface area contributed by atoms with E-state index in [0.717, 1.165) is 11.1 Å². The lowest BCUT2D eigenvalue weighted by Gasteiger charge is -2.10. The van der Waals surface area contributed by atoms with E-state index in [0.29, 0.717) is 28.1 Å². The molecule has 0 bridgehead atoms. The van der Waals surface area contributed by atoms with Crippen LogP contribution in [0.3, 0.4) is 0 Å². The van der Waals surface area contributed by atoms with Gasteiger partial charge in [0.15, 0.2) is 6.61 Å². The lowest BCUT2D eigenvalue weighted by atomic mass is 10.1. The van der Waals surface area contributed by atoms with Crippen LogP contribution >= 0.6 is 11.8 Å². The molecule has 2 aromatic carbocycles. The van der Waals surface area contributed by atoms with Crippen LogP contribution in [0, 0.1) is 13.8 Å². The average molecular weight is 337 g/mol. The van der Waals surface area contributed by atoms with Crippen LogP contribution in [0.15, 0.2) is 47.4 Å². The predicted octanol–water partition coefficient (Wildman–Crippen LogP) is 4.64. The molecule has 0 aliphatic rings. The predicted molar refractivity (Wildman–Crippen MR) is 88.3 cm³/mol. The van der Waals surface area contributed by atoms with Gasteiger partial charge in [0, 0.05) is 10.6 Å². The summed E-state index contributed by atoms with van der Waals surface area (Å²) in [6.45, 7) is 3.75. The Morgan fingerprint density at radius 3 is 2.52 bits per heavy atom. The van der Waals surface area contributed by atoms with E-state index in [2.05, 4.69) is 5.32 Å². The number of aryl methyl sites for hydroxylation is 2. The molecular weight excluding hydrogens is 320 g/mol. The summed E-state index contributed by atoms with van der Waals surface area (Å²) < 4.78 is 30.0. The van der Waals surface area contributed by atoms with Crippen molar-refractivity contribution in [2.45, 2.75) is 24.5 Å². The van der Waals surface area contributed by atoms with Gasteiger partial charge in [0.05, 0.1) is 0 Å². The first-order chi connectivity index (χ1) is 10.9. The number of hydrogen-bond donors (Lipinski definition) is 1. The maximum atomic E-state index is 12.2. The minimum Gasteiger partial charge on any atom is -0.483 e. The molecule has 0 radical (unpaired) electrons. The smallest absolute Gasteiger partial charge is 0.288 e. The van der Waals surface area contributed by atoms with Crippen LogP contribution in [0.1, 0.15) is 11.1 Å². The van der Waals surface area contributed by atoms with E-state index in [-0.39, 0.29) is 12.5 Å². The molecule has 1 amide bonds. The van der Waals surface area contributed by atoms with E-state index < -0.39 is 5.76 Å². The summed E-state index contributed by atoms with van der Waals surface area (Å²) in [4.78, 5) is 12.3. The van der Waals surface area contributed by atoms with E-state index >= 15 is 0 Å². The van der Waals surface area contributed by atoms with Gasteiger partial charge in [0.1, 0.15) is 5.75 Å². The molecule has 0 aliphatic carbocycles. The summed E-state index contributed by atoms with van der Waals surface area (Å²) in [5.41, 5.74) is 2.55. The molecule has 0 spiro atoms. The van der Waals surface area contributed by atoms with Crippen molar-refractivity contribution in [2.24, 2.45) is 0 Å². The Kier molecular flexibility index (Phi) is 5.98. The van der Waals surface area contributed by atoms with Crippen LogP contribution < -0.4 is 10.1 Å². The first-order valence-corrected chi connectivity index (χ1v) is 7.87. The second-order valence-corrected chi connectivity index (χ2v) is 6.07. The third-order valence-corrected chi connectivity index (χ3v) is 3.79. The molecule has 2 rings (SSSR count). The molecule has 3 nitrogen and oxygen atoms in total. The molecule has 1 N–H and O–H groups in total. The zero-order valence-corrected chi connectivity index (χ0v) is 13.6. The Morgan fingerprint density at radius 1 is 1.17 bits per heavy atom. The highest BCUT2D eigenvalue weighted by molar-refractivity contribution is 7.99. The normalized spacial score (nSPS) is 10.7. The van der Waals surface area contributed by atoms with Crippen LogP contribution in [0.2, 0.25) is 0 Å². The minimum absolute atomic E-state index is 0.113. The van der Waals surface area contributed by atoms with Crippen LogP contribution in [-0.4, -0.2) is 18.3 Å². The summed E-state index contributed by atoms with van der Waals surface area (Å²) in [5.74, 6) is -2.09. The Balaban J connectivity index is 1.88. The van der Waals surface area contributed by atoms with Crippen molar-refractivity contribution in [3.8, 4) is 5.75 Å². The number of amides is 1. The fourth-order valence-electron chi connectivity index (χ4n) is 1.92. The van der Waals surface area contributed by atoms with E-state index in [4.69, 9.17) is 4.74 Å². The Hall–Kier alpha value is -2.08. The van der Waals surface area contributed by atoms with Gasteiger partial charge in [-0.25, -0.2) is 0 Å². The van der Waals surface area contributed by atoms with Gasteiger partial charge in [-0.2, -0.15) is 8.78 Å². The molecule has 23 heavy (non-hydrogen) atoms. The molecule has 0 aromatic heterocycles. The Morgan fingerprint density at radius 2 is 1.87 bits per heavy atom. The number of thioether (sulfide) groups is 1. The number of halogens is 2. The summed E-state index contributed by atoms with van der Waals surface area (Å²) in [6.07, 6.45) is 0. The van der Waals surface area contributed by atoms with Crippen molar-refractivity contribution < 1.29 is 18.3 Å². The summed E-state index contributed by atoms with van der Waals surface area (Å²) >= 11 is 0.466. The highest BCUT2D eigenvalue weighted by Gasteiger charge is 2.08. The molecule has 2 aromatic rings. The standard InChI is InChI=1S/C17H17F2NO2S/c1-11-3-4-12(2)15(9-11)22-10-16(21)20-13-5-7-14(8-6-13)23-17(18)19/h3-9,17H,10H2,1-2H3,(H,20,21). The number of carbonyl (C=O) groups excluding carboxylic acids is 1. The van der Waals surface area contributed by atoms with Crippen LogP contribution in [0.25, 0.3) is 0 Å². The maximum Gasteiger partial charge on any atom is 0.288 e. The lowest BCUT2D eigenvalue weighted by Crippen LogP contribution is -2.20. The number of anilines is 1. The largest absolute Gasteiger partial charge is 0.483 e. The van der Waals surface area contributed by atoms with E-state index in [1.54, 1.807) is 12.1 Å². The second-order valence-electron chi connectivity index (χ2n) is 5.01. The Labute approximate surface area is 138 Å². The summed E-state index contributed by atoms with van der Waals surface area (Å²) in [5, 5.41) is 2.67. The van der Waals surface area contributed by atoms with E-state index in [1.807, 2.05) is 32.0 Å². The van der Waals surface area contributed by atoms with Gasteiger partial charge in [-0.05, 0) is 55.3 Å². The molecule has 0 atom stereocenters. The van der Waals surface area contributed by atoms with E-state index in [1.165, 1.54) is 12.1 Å². The number of hydrogen-bond acceptors (Lipinski definition) is 3. The van der Waals surface area contributed by atoms with Crippen LogP contribution in [0.4, 0.5) is 14.5 Å². The van der Waals surface area contributed by atoms with Gasteiger partial charge in [-0.1, -0.05) is 23.9 Å². The quantitative estimate of drug-likeness (QED) is 0.781. The number of rotatable bonds is 6. The van der Waals surface area contributed by atoms with Crippen molar-refractivity contribution in [1.29, 1.82) is 0 Å². The number of carbonyl (C=O) groups is 1. The summed E-state index contributed by atoms with van der Waals surface area (Å²) in [6, 6.07) is 12.0. The molecular formula is C17H17F2NO2S. The topological polar surface area (TPSA) is 38.3 Å². The third kappa shape index (κ3) is 5.56. The average Bonchev–Trinajstić information content (AvgIpc) is 2.50. The van der Waals surface area contributed by atoms with Gasteiger partial charge < -0.3 is 10.1 Å². The molecule has 6 heteroatoms. The number of alkyl halides is 2. The van der Waals surface area contributed by atoms with Gasteiger partial charge in [-0.15, -0.1) is 0 Å². The van der Waals surface area contributed by atoms with E-state index in [9.17, 15) is 13.6 Å². The van der Waals surface area contributed by atoms with Crippen LogP contribution in [-0.2, 0) is 4.79 Å². The van der Waals surface area contributed by atoms with Gasteiger partial charge in [0.2, 0.25) is 0 Å². The monoisotopic (exact) mass is 337 g/mol. The lowest BCUT2D eigenvalue weighted by molar-refractivity contribution is -0.118. The van der Waals surface area contributed by atoms with Gasteiger partial charge in [0.25, 0.3) is 11.7 Å². The highest BCUT2D eigenvalue weighted by atomic mass is 32.2. The molecule has 0 aliphatic heterocycles. The zero-order chi connectivity index (χ0) is 16.8. The fraction of sp³-hybridized carbons (Fsp3) is 0.235. The Bertz CT molecular complexity index is 675. The molecule has 0 unspecified atom stereocenters. The third-order valence-electron chi connectivity index (χ3n) is 3.07. The molecule has 0 heterocycles. The van der Waals surface area contributed by atoms with Gasteiger partial charge in [-0.3, -0.25) is 4.79 Å². The van der Waals surface area contributed by atoms with Gasteiger partial charge >= 0.3 is 0 Å². The molecule has 0 saturated carbocycles. The van der Waals surface area contributed by atoms with Crippen molar-refractivity contribution in [3.63, 3.8) is 0 Å². The number of benzene rings is 2. The fourth-order valence-corrected chi connectivity index (χ4v) is 2.42. The summed E-state index contributed by atoms with van der Waals surface area (Å²) in [7, 11) is 0. The first kappa shape index (κ1) is 17.3. The van der Waals surface area contributed by atoms with Crippen molar-refractivity contribution >= 4 is 23.4 Å². The molecule has 0 fully saturated rings. The van der Waals surface area contributed by atoms with Crippen molar-refractivity contribution in [3.05, 3.63) is 53.6 Å². The molecule has 122 valence electrons. The minimum atomic E-state index is -2.46.